The minimum Gasteiger partial charge on any atom is -0.465 e. The largest absolute Gasteiger partial charge is 0.465 e. The highest BCUT2D eigenvalue weighted by Crippen LogP contribution is 2.04. The zero-order chi connectivity index (χ0) is 19.1. The highest BCUT2D eigenvalue weighted by molar-refractivity contribution is 5.69. The molecule has 1 fully saturated rings. The van der Waals surface area contributed by atoms with Crippen LogP contribution in [0.15, 0.2) is 12.3 Å². The number of esters is 1. The van der Waals surface area contributed by atoms with Crippen LogP contribution in [0.25, 0.3) is 0 Å². The molecule has 2 heterocycles. The van der Waals surface area contributed by atoms with Crippen LogP contribution in [0.4, 0.5) is 10.6 Å². The van der Waals surface area contributed by atoms with Crippen molar-refractivity contribution in [2.45, 2.75) is 46.4 Å². The van der Waals surface area contributed by atoms with E-state index in [-0.39, 0.29) is 12.8 Å². The van der Waals surface area contributed by atoms with Crippen LogP contribution in [0, 0.1) is 0 Å². The van der Waals surface area contributed by atoms with Gasteiger partial charge in [0.05, 0.1) is 6.20 Å². The first-order chi connectivity index (χ1) is 11.9. The molecule has 1 saturated heterocycles. The summed E-state index contributed by atoms with van der Waals surface area (Å²) in [6.45, 7) is 6.84. The van der Waals surface area contributed by atoms with Crippen molar-refractivity contribution in [2.75, 3.05) is 18.5 Å². The Morgan fingerprint density at radius 1 is 1.44 bits per heavy atom. The zero-order valence-corrected chi connectivity index (χ0v) is 14.7. The summed E-state index contributed by atoms with van der Waals surface area (Å²) in [5, 5.41) is 16.4. The average molecular weight is 358 g/mol. The minimum absolute atomic E-state index is 0.00148. The predicted molar refractivity (Wildman–Crippen MR) is 90.0 cm³/mol. The van der Waals surface area contributed by atoms with E-state index in [1.54, 1.807) is 19.9 Å². The van der Waals surface area contributed by atoms with Gasteiger partial charge in [-0.25, -0.2) is 9.48 Å². The Bertz CT molecular complexity index is 506. The molecule has 142 valence electrons. The van der Waals surface area contributed by atoms with E-state index < -0.39 is 12.1 Å². The Kier molecular flexibility index (Phi) is 12.3. The number of nitrogens with one attached hydrogen (secondary N) is 2. The van der Waals surface area contributed by atoms with Crippen molar-refractivity contribution in [3.8, 4) is 0 Å². The lowest BCUT2D eigenvalue weighted by Gasteiger charge is -2.05. The van der Waals surface area contributed by atoms with Crippen LogP contribution in [0.5, 0.6) is 0 Å². The molecule has 3 N–H and O–H groups in total. The molecule has 0 aliphatic carbocycles. The molecule has 1 aliphatic rings. The zero-order valence-electron chi connectivity index (χ0n) is 14.7. The number of nitrogens with zero attached hydrogens (tertiary/aromatic N) is 2. The van der Waals surface area contributed by atoms with Gasteiger partial charge in [-0.3, -0.25) is 9.59 Å². The van der Waals surface area contributed by atoms with Gasteiger partial charge in [-0.1, -0.05) is 0 Å². The minimum atomic E-state index is -0.963. The molecule has 0 radical (unpaired) electrons. The van der Waals surface area contributed by atoms with Crippen LogP contribution >= 0.6 is 0 Å². The van der Waals surface area contributed by atoms with Gasteiger partial charge in [-0.05, 0) is 26.7 Å². The Morgan fingerprint density at radius 2 is 2.08 bits per heavy atom. The van der Waals surface area contributed by atoms with Crippen LogP contribution in [-0.2, 0) is 25.8 Å². The third-order valence-corrected chi connectivity index (χ3v) is 2.55. The number of hydrogen-bond donors (Lipinski definition) is 3. The van der Waals surface area contributed by atoms with Crippen molar-refractivity contribution in [1.29, 1.82) is 0 Å². The highest BCUT2D eigenvalue weighted by Gasteiger charge is 2.01. The van der Waals surface area contributed by atoms with Crippen molar-refractivity contribution >= 4 is 24.3 Å². The number of carbonyl (C=O) groups is 3. The maximum atomic E-state index is 10.5. The second kappa shape index (κ2) is 13.8. The molecule has 25 heavy (non-hydrogen) atoms. The Labute approximate surface area is 146 Å². The molecule has 10 heteroatoms. The molecule has 0 spiro atoms. The normalized spacial score (nSPS) is 12.2. The second-order valence-electron chi connectivity index (χ2n) is 5.17. The van der Waals surface area contributed by atoms with Crippen LogP contribution in [0.3, 0.4) is 0 Å². The van der Waals surface area contributed by atoms with E-state index in [4.69, 9.17) is 9.84 Å². The first kappa shape index (κ1) is 22.4. The molecule has 0 bridgehead atoms. The van der Waals surface area contributed by atoms with Gasteiger partial charge in [-0.15, -0.1) is 0 Å². The maximum Gasteiger partial charge on any atom is 0.404 e. The van der Waals surface area contributed by atoms with Crippen LogP contribution in [0.2, 0.25) is 0 Å². The van der Waals surface area contributed by atoms with E-state index in [0.29, 0.717) is 12.2 Å². The fourth-order valence-corrected chi connectivity index (χ4v) is 1.53. The van der Waals surface area contributed by atoms with Gasteiger partial charge in [0.15, 0.2) is 6.73 Å². The third kappa shape index (κ3) is 13.5. The number of hydrogen-bond acceptors (Lipinski definition) is 6. The van der Waals surface area contributed by atoms with E-state index in [9.17, 15) is 14.4 Å². The summed E-state index contributed by atoms with van der Waals surface area (Å²) in [6.07, 6.45) is 3.62. The average Bonchev–Trinajstić information content (AvgIpc) is 3.19. The lowest BCUT2D eigenvalue weighted by Crippen LogP contribution is -2.27. The summed E-state index contributed by atoms with van der Waals surface area (Å²) in [7, 11) is 0. The van der Waals surface area contributed by atoms with Crippen LogP contribution in [-0.4, -0.2) is 52.6 Å². The van der Waals surface area contributed by atoms with Gasteiger partial charge in [0.1, 0.15) is 5.82 Å². The summed E-state index contributed by atoms with van der Waals surface area (Å²) in [5.41, 5.74) is 0. The number of rotatable bonds is 5. The monoisotopic (exact) mass is 358 g/mol. The van der Waals surface area contributed by atoms with Crippen LogP contribution < -0.4 is 10.6 Å². The number of carbonyl (C=O) groups excluding carboxylic acids is 2. The van der Waals surface area contributed by atoms with E-state index in [0.717, 1.165) is 13.2 Å². The molecule has 0 aromatic carbocycles. The van der Waals surface area contributed by atoms with Gasteiger partial charge in [0.25, 0.3) is 0 Å². The molecule has 0 unspecified atom stereocenters. The van der Waals surface area contributed by atoms with Crippen molar-refractivity contribution < 1.29 is 29.0 Å². The van der Waals surface area contributed by atoms with E-state index >= 15 is 0 Å². The Hall–Kier alpha value is -2.62. The van der Waals surface area contributed by atoms with Gasteiger partial charge in [0, 0.05) is 32.2 Å². The van der Waals surface area contributed by atoms with Crippen molar-refractivity contribution in [1.82, 2.24) is 15.1 Å². The molecule has 0 atom stereocenters. The quantitative estimate of drug-likeness (QED) is 0.536. The number of anilines is 1. The predicted octanol–water partition coefficient (Wildman–Crippen LogP) is 1.43. The van der Waals surface area contributed by atoms with Gasteiger partial charge >= 0.3 is 12.1 Å². The van der Waals surface area contributed by atoms with Crippen molar-refractivity contribution in [3.63, 3.8) is 0 Å². The van der Waals surface area contributed by atoms with Gasteiger partial charge < -0.3 is 25.2 Å². The van der Waals surface area contributed by atoms with Gasteiger partial charge in [-0.2, -0.15) is 5.10 Å². The third-order valence-electron chi connectivity index (χ3n) is 2.55. The van der Waals surface area contributed by atoms with Crippen molar-refractivity contribution in [2.24, 2.45) is 0 Å². The fraction of sp³-hybridized carbons (Fsp3) is 0.600. The van der Waals surface area contributed by atoms with E-state index in [1.807, 2.05) is 0 Å². The van der Waals surface area contributed by atoms with Crippen molar-refractivity contribution in [3.05, 3.63) is 12.3 Å². The molecule has 1 aromatic heterocycles. The molecule has 2 amide bonds. The highest BCUT2D eigenvalue weighted by atomic mass is 16.5. The maximum absolute atomic E-state index is 10.5. The lowest BCUT2D eigenvalue weighted by atomic mass is 10.4. The first-order valence-electron chi connectivity index (χ1n) is 7.79. The lowest BCUT2D eigenvalue weighted by molar-refractivity contribution is -0.145. The number of carboxylic acid groups (broad SMARTS) is 1. The van der Waals surface area contributed by atoms with Gasteiger partial charge in [0.2, 0.25) is 6.41 Å². The smallest absolute Gasteiger partial charge is 0.404 e. The topological polar surface area (TPSA) is 132 Å². The summed E-state index contributed by atoms with van der Waals surface area (Å²) >= 11 is 0. The Morgan fingerprint density at radius 3 is 2.44 bits per heavy atom. The summed E-state index contributed by atoms with van der Waals surface area (Å²) < 4.78 is 11.0. The first-order valence-corrected chi connectivity index (χ1v) is 7.79. The summed E-state index contributed by atoms with van der Waals surface area (Å²) in [5.74, 6) is 0.0869. The van der Waals surface area contributed by atoms with E-state index in [2.05, 4.69) is 20.5 Å². The number of amides is 2. The SMILES string of the molecule is C1CCOC1.CC(=O)OCn1nccc1NC=O.CC(C)NC(=O)O. The molecule has 0 saturated carbocycles. The molecule has 10 nitrogen and oxygen atoms in total. The number of aromatic nitrogens is 2. The van der Waals surface area contributed by atoms with Crippen LogP contribution in [0.1, 0.15) is 33.6 Å². The number of ether oxygens (including phenoxy) is 2. The molecule has 2 rings (SSSR count). The molecule has 1 aliphatic heterocycles. The molecular formula is C15H26N4O6. The second-order valence-corrected chi connectivity index (χ2v) is 5.17. The molecular weight excluding hydrogens is 332 g/mol. The summed E-state index contributed by atoms with van der Waals surface area (Å²) in [6, 6.07) is 1.62. The van der Waals surface area contributed by atoms with E-state index in [1.165, 1.54) is 30.6 Å². The summed E-state index contributed by atoms with van der Waals surface area (Å²) in [4.78, 5) is 30.3. The fourth-order valence-electron chi connectivity index (χ4n) is 1.53. The molecule has 1 aromatic rings. The Balaban J connectivity index is 0.000000400. The standard InChI is InChI=1S/C7H9N3O3.C4H9NO2.C4H8O/c1-6(12)13-5-10-7(8-4-11)2-3-9-10;1-3(2)5-4(6)7;1-2-4-5-3-1/h2-4H,5H2,1H3,(H,8,11);3,5H,1-2H3,(H,6,7);1-4H2.